The summed E-state index contributed by atoms with van der Waals surface area (Å²) in [6.45, 7) is 0.826. The summed E-state index contributed by atoms with van der Waals surface area (Å²) in [5.41, 5.74) is -0.209. The van der Waals surface area contributed by atoms with E-state index < -0.39 is 30.1 Å². The van der Waals surface area contributed by atoms with Crippen molar-refractivity contribution in [2.45, 2.75) is 38.0 Å². The van der Waals surface area contributed by atoms with E-state index in [4.69, 9.17) is 0 Å². The normalized spacial score (nSPS) is 21.8. The molecule has 1 aliphatic heterocycles. The van der Waals surface area contributed by atoms with Crippen LogP contribution in [-0.2, 0) is 4.79 Å². The number of alkyl halides is 3. The molecule has 0 aliphatic carbocycles. The molecule has 0 aromatic carbocycles. The zero-order valence-corrected chi connectivity index (χ0v) is 12.3. The number of nitrogens with one attached hydrogen (secondary N) is 1. The van der Waals surface area contributed by atoms with Crippen LogP contribution in [0.3, 0.4) is 0 Å². The van der Waals surface area contributed by atoms with Crippen molar-refractivity contribution in [3.05, 3.63) is 24.0 Å². The third-order valence-electron chi connectivity index (χ3n) is 3.70. The molecule has 2 atom stereocenters. The minimum absolute atomic E-state index is 0.0767. The maximum Gasteiger partial charge on any atom is 0.408 e. The first-order chi connectivity index (χ1) is 10.7. The van der Waals surface area contributed by atoms with Crippen LogP contribution < -0.4 is 5.32 Å². The Morgan fingerprint density at radius 2 is 2.09 bits per heavy atom. The number of carbonyl (C=O) groups is 2. The molecule has 2 heterocycles. The molecule has 1 aromatic rings. The average molecular weight is 331 g/mol. The van der Waals surface area contributed by atoms with E-state index in [9.17, 15) is 27.9 Å². The second-order valence-corrected chi connectivity index (χ2v) is 5.35. The molecule has 0 radical (unpaired) electrons. The SMILES string of the molecule is CC(=O)N1C[C@H](NC(=O)c2ncccc2O)CC[C@@H]1C(F)(F)F. The first kappa shape index (κ1) is 17.0. The van der Waals surface area contributed by atoms with Gasteiger partial charge in [0.2, 0.25) is 5.91 Å². The number of piperidine rings is 1. The Morgan fingerprint density at radius 1 is 1.39 bits per heavy atom. The molecule has 2 amide bonds. The number of halogens is 3. The summed E-state index contributed by atoms with van der Waals surface area (Å²) in [4.78, 5) is 27.9. The summed E-state index contributed by atoms with van der Waals surface area (Å²) in [6.07, 6.45) is -3.40. The van der Waals surface area contributed by atoms with Crippen LogP contribution in [0.5, 0.6) is 5.75 Å². The van der Waals surface area contributed by atoms with Crippen molar-refractivity contribution in [1.82, 2.24) is 15.2 Å². The average Bonchev–Trinajstić information content (AvgIpc) is 2.46. The van der Waals surface area contributed by atoms with Crippen LogP contribution in [0.25, 0.3) is 0 Å². The summed E-state index contributed by atoms with van der Waals surface area (Å²) >= 11 is 0. The Bertz CT molecular complexity index is 606. The first-order valence-corrected chi connectivity index (χ1v) is 6.99. The molecule has 1 aliphatic rings. The molecule has 1 aromatic heterocycles. The second-order valence-electron chi connectivity index (χ2n) is 5.35. The summed E-state index contributed by atoms with van der Waals surface area (Å²) in [5, 5.41) is 12.1. The van der Waals surface area contributed by atoms with E-state index in [0.717, 1.165) is 6.92 Å². The molecule has 2 N–H and O–H groups in total. The van der Waals surface area contributed by atoms with Crippen molar-refractivity contribution in [3.8, 4) is 5.75 Å². The van der Waals surface area contributed by atoms with Gasteiger partial charge in [-0.3, -0.25) is 9.59 Å². The van der Waals surface area contributed by atoms with Crippen LogP contribution >= 0.6 is 0 Å². The first-order valence-electron chi connectivity index (χ1n) is 6.99. The van der Waals surface area contributed by atoms with Gasteiger partial charge in [-0.05, 0) is 25.0 Å². The van der Waals surface area contributed by atoms with E-state index in [0.29, 0.717) is 4.90 Å². The lowest BCUT2D eigenvalue weighted by Crippen LogP contribution is -2.57. The zero-order valence-electron chi connectivity index (χ0n) is 12.3. The van der Waals surface area contributed by atoms with E-state index in [1.54, 1.807) is 0 Å². The Kier molecular flexibility index (Phi) is 4.76. The van der Waals surface area contributed by atoms with E-state index in [1.807, 2.05) is 0 Å². The van der Waals surface area contributed by atoms with Crippen LogP contribution in [-0.4, -0.2) is 51.6 Å². The number of nitrogens with zero attached hydrogens (tertiary/aromatic N) is 2. The van der Waals surface area contributed by atoms with E-state index in [1.165, 1.54) is 18.3 Å². The van der Waals surface area contributed by atoms with Gasteiger partial charge in [-0.1, -0.05) is 0 Å². The molecule has 2 rings (SSSR count). The Hall–Kier alpha value is -2.32. The quantitative estimate of drug-likeness (QED) is 0.859. The van der Waals surface area contributed by atoms with Crippen molar-refractivity contribution in [3.63, 3.8) is 0 Å². The van der Waals surface area contributed by atoms with E-state index in [-0.39, 0.29) is 30.8 Å². The topological polar surface area (TPSA) is 82.5 Å². The Labute approximate surface area is 130 Å². The Balaban J connectivity index is 2.07. The van der Waals surface area contributed by atoms with Crippen molar-refractivity contribution in [1.29, 1.82) is 0 Å². The monoisotopic (exact) mass is 331 g/mol. The summed E-state index contributed by atoms with van der Waals surface area (Å²) in [6, 6.07) is 0.255. The Morgan fingerprint density at radius 3 is 2.65 bits per heavy atom. The number of hydrogen-bond donors (Lipinski definition) is 2. The summed E-state index contributed by atoms with van der Waals surface area (Å²) < 4.78 is 38.8. The fourth-order valence-corrected chi connectivity index (χ4v) is 2.60. The molecular weight excluding hydrogens is 315 g/mol. The zero-order chi connectivity index (χ0) is 17.2. The minimum atomic E-state index is -4.50. The van der Waals surface area contributed by atoms with Gasteiger partial charge in [-0.25, -0.2) is 4.98 Å². The maximum absolute atomic E-state index is 12.9. The van der Waals surface area contributed by atoms with Crippen molar-refractivity contribution >= 4 is 11.8 Å². The van der Waals surface area contributed by atoms with Crippen LogP contribution in [0.1, 0.15) is 30.3 Å². The summed E-state index contributed by atoms with van der Waals surface area (Å²) in [7, 11) is 0. The van der Waals surface area contributed by atoms with Crippen LogP contribution in [0.4, 0.5) is 13.2 Å². The number of carbonyl (C=O) groups excluding carboxylic acids is 2. The van der Waals surface area contributed by atoms with Gasteiger partial charge in [0.25, 0.3) is 5.91 Å². The van der Waals surface area contributed by atoms with Gasteiger partial charge in [0.1, 0.15) is 11.8 Å². The van der Waals surface area contributed by atoms with Crippen LogP contribution in [0.2, 0.25) is 0 Å². The highest BCUT2D eigenvalue weighted by molar-refractivity contribution is 5.95. The molecule has 0 bridgehead atoms. The van der Waals surface area contributed by atoms with E-state index in [2.05, 4.69) is 10.3 Å². The van der Waals surface area contributed by atoms with Gasteiger partial charge in [-0.15, -0.1) is 0 Å². The molecule has 0 spiro atoms. The summed E-state index contributed by atoms with van der Waals surface area (Å²) in [5.74, 6) is -1.72. The number of likely N-dealkylation sites (tertiary alicyclic amines) is 1. The van der Waals surface area contributed by atoms with Gasteiger partial charge < -0.3 is 15.3 Å². The highest BCUT2D eigenvalue weighted by Gasteiger charge is 2.47. The molecule has 0 saturated carbocycles. The van der Waals surface area contributed by atoms with Crippen molar-refractivity contribution in [2.75, 3.05) is 6.54 Å². The lowest BCUT2D eigenvalue weighted by atomic mass is 9.97. The number of pyridine rings is 1. The molecule has 23 heavy (non-hydrogen) atoms. The number of aromatic hydroxyl groups is 1. The molecule has 6 nitrogen and oxygen atoms in total. The van der Waals surface area contributed by atoms with Crippen molar-refractivity contribution < 1.29 is 27.9 Å². The standard InChI is InChI=1S/C14H16F3N3O3/c1-8(21)20-7-9(4-5-11(20)14(15,16)17)19-13(23)12-10(22)3-2-6-18-12/h2-3,6,9,11,22H,4-5,7H2,1H3,(H,19,23)/t9-,11-/m1/s1. The van der Waals surface area contributed by atoms with Crippen molar-refractivity contribution in [2.24, 2.45) is 0 Å². The molecule has 0 unspecified atom stereocenters. The van der Waals surface area contributed by atoms with Gasteiger partial charge in [0, 0.05) is 25.7 Å². The highest BCUT2D eigenvalue weighted by atomic mass is 19.4. The molecular formula is C14H16F3N3O3. The van der Waals surface area contributed by atoms with Crippen LogP contribution in [0, 0.1) is 0 Å². The predicted molar refractivity (Wildman–Crippen MR) is 73.6 cm³/mol. The fourth-order valence-electron chi connectivity index (χ4n) is 2.60. The second kappa shape index (κ2) is 6.43. The minimum Gasteiger partial charge on any atom is -0.505 e. The number of aromatic nitrogens is 1. The fraction of sp³-hybridized carbons (Fsp3) is 0.500. The van der Waals surface area contributed by atoms with Gasteiger partial charge >= 0.3 is 6.18 Å². The predicted octanol–water partition coefficient (Wildman–Crippen LogP) is 1.46. The highest BCUT2D eigenvalue weighted by Crippen LogP contribution is 2.32. The number of hydrogen-bond acceptors (Lipinski definition) is 4. The molecule has 9 heteroatoms. The number of amides is 2. The van der Waals surface area contributed by atoms with Crippen LogP contribution in [0.15, 0.2) is 18.3 Å². The van der Waals surface area contributed by atoms with Gasteiger partial charge in [0.15, 0.2) is 5.69 Å². The molecule has 126 valence electrons. The largest absolute Gasteiger partial charge is 0.505 e. The van der Waals surface area contributed by atoms with E-state index >= 15 is 0 Å². The third kappa shape index (κ3) is 3.91. The molecule has 1 fully saturated rings. The smallest absolute Gasteiger partial charge is 0.408 e. The number of rotatable bonds is 2. The lowest BCUT2D eigenvalue weighted by molar-refractivity contribution is -0.196. The third-order valence-corrected chi connectivity index (χ3v) is 3.70. The van der Waals surface area contributed by atoms with Gasteiger partial charge in [0.05, 0.1) is 0 Å². The van der Waals surface area contributed by atoms with Gasteiger partial charge in [-0.2, -0.15) is 13.2 Å². The maximum atomic E-state index is 12.9. The lowest BCUT2D eigenvalue weighted by Gasteiger charge is -2.40. The molecule has 1 saturated heterocycles.